The lowest BCUT2D eigenvalue weighted by Gasteiger charge is -2.31. The molecule has 0 unspecified atom stereocenters. The van der Waals surface area contributed by atoms with Gasteiger partial charge in [-0.2, -0.15) is 26.3 Å². The van der Waals surface area contributed by atoms with E-state index in [0.29, 0.717) is 36.5 Å². The molecule has 0 atom stereocenters. The van der Waals surface area contributed by atoms with Crippen LogP contribution >= 0.6 is 0 Å². The lowest BCUT2D eigenvalue weighted by molar-refractivity contribution is -0.192. The molecule has 0 saturated carbocycles. The van der Waals surface area contributed by atoms with E-state index in [4.69, 9.17) is 9.90 Å². The summed E-state index contributed by atoms with van der Waals surface area (Å²) in [5, 5.41) is 7.12. The lowest BCUT2D eigenvalue weighted by atomic mass is 9.96. The van der Waals surface area contributed by atoms with Gasteiger partial charge in [-0.1, -0.05) is 6.07 Å². The predicted molar refractivity (Wildman–Crippen MR) is 92.3 cm³/mol. The summed E-state index contributed by atoms with van der Waals surface area (Å²) >= 11 is 0. The lowest BCUT2D eigenvalue weighted by Crippen LogP contribution is -2.37. The van der Waals surface area contributed by atoms with Gasteiger partial charge < -0.3 is 15.0 Å². The van der Waals surface area contributed by atoms with Gasteiger partial charge in [0, 0.05) is 18.8 Å². The highest BCUT2D eigenvalue weighted by Gasteiger charge is 2.38. The largest absolute Gasteiger partial charge is 0.490 e. The summed E-state index contributed by atoms with van der Waals surface area (Å²) in [4.78, 5) is 38.6. The number of aryl methyl sites for hydroxylation is 1. The minimum absolute atomic E-state index is 0.323. The first-order chi connectivity index (χ1) is 13.7. The van der Waals surface area contributed by atoms with Crippen LogP contribution in [0.2, 0.25) is 0 Å². The fourth-order valence-electron chi connectivity index (χ4n) is 2.89. The van der Waals surface area contributed by atoms with E-state index >= 15 is 0 Å². The van der Waals surface area contributed by atoms with Crippen molar-refractivity contribution in [2.24, 2.45) is 0 Å². The van der Waals surface area contributed by atoms with Crippen molar-refractivity contribution in [3.63, 3.8) is 0 Å². The number of alkyl halides is 6. The Morgan fingerprint density at radius 1 is 1.07 bits per heavy atom. The number of nitrogens with one attached hydrogen (secondary N) is 2. The maximum Gasteiger partial charge on any atom is 0.490 e. The smallest absolute Gasteiger partial charge is 0.475 e. The number of benzene rings is 1. The molecule has 0 bridgehead atoms. The second kappa shape index (κ2) is 8.24. The van der Waals surface area contributed by atoms with Gasteiger partial charge in [0.25, 0.3) is 5.56 Å². The number of carboxylic acids is 1. The molecule has 1 aliphatic rings. The van der Waals surface area contributed by atoms with Gasteiger partial charge in [0.2, 0.25) is 0 Å². The van der Waals surface area contributed by atoms with Gasteiger partial charge in [-0.25, -0.2) is 9.59 Å². The van der Waals surface area contributed by atoms with Gasteiger partial charge >= 0.3 is 24.0 Å². The molecule has 0 radical (unpaired) electrons. The molecular formula is C17H15F6N3O4. The molecule has 30 heavy (non-hydrogen) atoms. The third kappa shape index (κ3) is 5.42. The van der Waals surface area contributed by atoms with Crippen LogP contribution in [0.3, 0.4) is 0 Å². The standard InChI is InChI=1S/C15H14F3N3O2.C2HF3O2/c1-8-12(13(22)20-14(23)19-8)21-5-4-9-6-11(15(16,17)18)3-2-10(9)7-21;3-2(4,5)1(6)7/h2-3,6H,4-5,7H2,1H3,(H2,19,20,22,23);(H,6,7). The average Bonchev–Trinajstić information content (AvgIpc) is 2.59. The molecule has 0 aliphatic carbocycles. The predicted octanol–water partition coefficient (Wildman–Crippen LogP) is 2.59. The molecule has 3 N–H and O–H groups in total. The Morgan fingerprint density at radius 2 is 1.67 bits per heavy atom. The summed E-state index contributed by atoms with van der Waals surface area (Å²) in [7, 11) is 0. The van der Waals surface area contributed by atoms with E-state index in [1.165, 1.54) is 6.07 Å². The number of aliphatic carboxylic acids is 1. The molecule has 2 heterocycles. The topological polar surface area (TPSA) is 106 Å². The SMILES string of the molecule is Cc1[nH]c(=O)[nH]c(=O)c1N1CCc2cc(C(F)(F)F)ccc2C1.O=C(O)C(F)(F)F. The zero-order valence-corrected chi connectivity index (χ0v) is 15.2. The van der Waals surface area contributed by atoms with Crippen LogP contribution in [-0.2, 0) is 23.9 Å². The molecule has 1 aromatic carbocycles. The van der Waals surface area contributed by atoms with Crippen LogP contribution in [0, 0.1) is 6.92 Å². The van der Waals surface area contributed by atoms with Crippen molar-refractivity contribution in [2.45, 2.75) is 32.2 Å². The maximum atomic E-state index is 12.8. The molecule has 3 rings (SSSR count). The minimum atomic E-state index is -5.08. The average molecular weight is 439 g/mol. The van der Waals surface area contributed by atoms with Gasteiger partial charge in [-0.3, -0.25) is 9.78 Å². The second-order valence-corrected chi connectivity index (χ2v) is 6.34. The van der Waals surface area contributed by atoms with Crippen LogP contribution in [0.1, 0.15) is 22.4 Å². The summed E-state index contributed by atoms with van der Waals surface area (Å²) in [6.07, 6.45) is -9.05. The quantitative estimate of drug-likeness (QED) is 0.593. The van der Waals surface area contributed by atoms with E-state index in [1.807, 2.05) is 0 Å². The number of rotatable bonds is 1. The number of H-pyrrole nitrogens is 2. The number of carbonyl (C=O) groups is 1. The van der Waals surface area contributed by atoms with Crippen LogP contribution in [0.15, 0.2) is 27.8 Å². The van der Waals surface area contributed by atoms with Gasteiger partial charge in [-0.15, -0.1) is 0 Å². The van der Waals surface area contributed by atoms with Gasteiger partial charge in [0.05, 0.1) is 5.56 Å². The number of hydrogen-bond acceptors (Lipinski definition) is 4. The number of aromatic amines is 2. The van der Waals surface area contributed by atoms with Crippen molar-refractivity contribution >= 4 is 11.7 Å². The monoisotopic (exact) mass is 439 g/mol. The highest BCUT2D eigenvalue weighted by molar-refractivity contribution is 5.73. The Labute approximate surface area is 164 Å². The van der Waals surface area contributed by atoms with Gasteiger partial charge in [-0.05, 0) is 36.6 Å². The molecule has 0 fully saturated rings. The first-order valence-corrected chi connectivity index (χ1v) is 8.27. The molecule has 0 saturated heterocycles. The Balaban J connectivity index is 0.000000396. The number of fused-ring (bicyclic) bond motifs is 1. The Hall–Kier alpha value is -3.25. The fourth-order valence-corrected chi connectivity index (χ4v) is 2.89. The number of aromatic nitrogens is 2. The van der Waals surface area contributed by atoms with Crippen LogP contribution < -0.4 is 16.1 Å². The van der Waals surface area contributed by atoms with Crippen molar-refractivity contribution in [1.29, 1.82) is 0 Å². The molecule has 164 valence electrons. The third-order valence-corrected chi connectivity index (χ3v) is 4.20. The first kappa shape index (κ1) is 23.0. The Bertz CT molecular complexity index is 1060. The number of nitrogens with zero attached hydrogens (tertiary/aromatic N) is 1. The summed E-state index contributed by atoms with van der Waals surface area (Å²) < 4.78 is 70.0. The maximum absolute atomic E-state index is 12.8. The van der Waals surface area contributed by atoms with Crippen LogP contribution in [0.4, 0.5) is 32.0 Å². The van der Waals surface area contributed by atoms with Crippen molar-refractivity contribution < 1.29 is 36.2 Å². The van der Waals surface area contributed by atoms with Crippen molar-refractivity contribution in [3.8, 4) is 0 Å². The summed E-state index contributed by atoms with van der Waals surface area (Å²) in [5.41, 5.74) is 0.418. The van der Waals surface area contributed by atoms with Gasteiger partial charge in [0.1, 0.15) is 5.69 Å². The third-order valence-electron chi connectivity index (χ3n) is 4.20. The highest BCUT2D eigenvalue weighted by Crippen LogP contribution is 2.32. The molecule has 1 aromatic heterocycles. The zero-order chi connectivity index (χ0) is 22.9. The minimum Gasteiger partial charge on any atom is -0.475 e. The summed E-state index contributed by atoms with van der Waals surface area (Å²) in [5.74, 6) is -2.76. The van der Waals surface area contributed by atoms with Crippen LogP contribution in [-0.4, -0.2) is 33.8 Å². The van der Waals surface area contributed by atoms with E-state index in [0.717, 1.165) is 17.7 Å². The van der Waals surface area contributed by atoms with Gasteiger partial charge in [0.15, 0.2) is 0 Å². The van der Waals surface area contributed by atoms with E-state index in [2.05, 4.69) is 9.97 Å². The Morgan fingerprint density at radius 3 is 2.17 bits per heavy atom. The summed E-state index contributed by atoms with van der Waals surface area (Å²) in [6, 6.07) is 3.66. The van der Waals surface area contributed by atoms with E-state index in [-0.39, 0.29) is 0 Å². The van der Waals surface area contributed by atoms with E-state index in [9.17, 15) is 35.9 Å². The van der Waals surface area contributed by atoms with Crippen LogP contribution in [0.25, 0.3) is 0 Å². The van der Waals surface area contributed by atoms with Crippen molar-refractivity contribution in [3.05, 3.63) is 61.4 Å². The number of halogens is 6. The second-order valence-electron chi connectivity index (χ2n) is 6.34. The molecular weight excluding hydrogens is 424 g/mol. The molecule has 1 aliphatic heterocycles. The number of hydrogen-bond donors (Lipinski definition) is 3. The normalized spacial score (nSPS) is 13.9. The zero-order valence-electron chi connectivity index (χ0n) is 15.2. The molecule has 13 heteroatoms. The van der Waals surface area contributed by atoms with Crippen LogP contribution in [0.5, 0.6) is 0 Å². The van der Waals surface area contributed by atoms with Crippen molar-refractivity contribution in [1.82, 2.24) is 9.97 Å². The van der Waals surface area contributed by atoms with E-state index in [1.54, 1.807) is 11.8 Å². The molecule has 0 spiro atoms. The molecule has 7 nitrogen and oxygen atoms in total. The van der Waals surface area contributed by atoms with E-state index < -0.39 is 35.1 Å². The highest BCUT2D eigenvalue weighted by atomic mass is 19.4. The fraction of sp³-hybridized carbons (Fsp3) is 0.353. The molecule has 2 aromatic rings. The molecule has 0 amide bonds. The number of anilines is 1. The summed E-state index contributed by atoms with van der Waals surface area (Å²) in [6.45, 7) is 2.35. The van der Waals surface area contributed by atoms with Crippen molar-refractivity contribution in [2.75, 3.05) is 11.4 Å². The first-order valence-electron chi connectivity index (χ1n) is 8.27. The number of carboxylic acid groups (broad SMARTS) is 1. The Kier molecular flexibility index (Phi) is 6.33.